The number of hydrogen-bond donors (Lipinski definition) is 2. The van der Waals surface area contributed by atoms with Crippen LogP contribution in [-0.2, 0) is 6.42 Å². The molecule has 2 heterocycles. The normalized spacial score (nSPS) is 14.0. The number of halogens is 1. The molecule has 2 unspecified atom stereocenters. The highest BCUT2D eigenvalue weighted by Gasteiger charge is 2.17. The van der Waals surface area contributed by atoms with Crippen LogP contribution in [0, 0.1) is 6.92 Å². The van der Waals surface area contributed by atoms with Gasteiger partial charge in [0.2, 0.25) is 0 Å². The van der Waals surface area contributed by atoms with Crippen molar-refractivity contribution in [3.63, 3.8) is 0 Å². The van der Waals surface area contributed by atoms with E-state index < -0.39 is 0 Å². The molecule has 2 rings (SSSR count). The van der Waals surface area contributed by atoms with Gasteiger partial charge in [0.05, 0.1) is 18.8 Å². The highest BCUT2D eigenvalue weighted by atomic mass is 127. The molecule has 2 aromatic rings. The molecule has 0 saturated heterocycles. The van der Waals surface area contributed by atoms with Gasteiger partial charge in [-0.2, -0.15) is 0 Å². The molecule has 7 heteroatoms. The fourth-order valence-electron chi connectivity index (χ4n) is 2.67. The summed E-state index contributed by atoms with van der Waals surface area (Å²) in [5, 5.41) is 6.85. The van der Waals surface area contributed by atoms with Gasteiger partial charge in [0.15, 0.2) is 5.96 Å². The van der Waals surface area contributed by atoms with E-state index in [0.29, 0.717) is 12.6 Å². The van der Waals surface area contributed by atoms with Crippen LogP contribution in [0.4, 0.5) is 0 Å². The first-order chi connectivity index (χ1) is 12.0. The number of thiophene rings is 1. The molecule has 0 saturated carbocycles. The molecule has 0 aliphatic heterocycles. The van der Waals surface area contributed by atoms with Crippen molar-refractivity contribution in [1.29, 1.82) is 0 Å². The van der Waals surface area contributed by atoms with Gasteiger partial charge in [0.1, 0.15) is 5.76 Å². The molecule has 26 heavy (non-hydrogen) atoms. The van der Waals surface area contributed by atoms with Crippen molar-refractivity contribution < 1.29 is 4.42 Å². The van der Waals surface area contributed by atoms with Gasteiger partial charge < -0.3 is 15.1 Å². The summed E-state index contributed by atoms with van der Waals surface area (Å²) in [6, 6.07) is 8.75. The molecule has 0 aliphatic rings. The molecule has 5 nitrogen and oxygen atoms in total. The summed E-state index contributed by atoms with van der Waals surface area (Å²) in [5.74, 6) is 1.79. The van der Waals surface area contributed by atoms with Gasteiger partial charge in [-0.25, -0.2) is 0 Å². The van der Waals surface area contributed by atoms with Gasteiger partial charge in [-0.3, -0.25) is 9.89 Å². The largest absolute Gasteiger partial charge is 0.468 e. The Balaban J connectivity index is 0.00000338. The second-order valence-electron chi connectivity index (χ2n) is 6.48. The average molecular weight is 490 g/mol. The minimum Gasteiger partial charge on any atom is -0.468 e. The van der Waals surface area contributed by atoms with Gasteiger partial charge in [-0.15, -0.1) is 35.3 Å². The van der Waals surface area contributed by atoms with E-state index in [2.05, 4.69) is 48.4 Å². The van der Waals surface area contributed by atoms with E-state index in [1.165, 1.54) is 9.75 Å². The summed E-state index contributed by atoms with van der Waals surface area (Å²) in [7, 11) is 4.09. The Bertz CT molecular complexity index is 654. The molecule has 0 spiro atoms. The van der Waals surface area contributed by atoms with Gasteiger partial charge in [0, 0.05) is 28.8 Å². The maximum Gasteiger partial charge on any atom is 0.191 e. The topological polar surface area (TPSA) is 52.8 Å². The standard InChI is InChI=1S/C19H30N4OS.HI/c1-6-20-19(22-14(2)12-16-10-9-15(3)25-16)21-13-17(23(4)5)18-8-7-11-24-18;/h7-11,14,17H,6,12-13H2,1-5H3,(H2,20,21,22);1H. The molecule has 0 aliphatic carbocycles. The third-order valence-electron chi connectivity index (χ3n) is 3.95. The Labute approximate surface area is 178 Å². The molecule has 2 N–H and O–H groups in total. The number of nitrogens with zero attached hydrogens (tertiary/aromatic N) is 2. The highest BCUT2D eigenvalue weighted by molar-refractivity contribution is 14.0. The van der Waals surface area contributed by atoms with Crippen LogP contribution >= 0.6 is 35.3 Å². The Morgan fingerprint density at radius 3 is 2.62 bits per heavy atom. The van der Waals surface area contributed by atoms with Gasteiger partial charge >= 0.3 is 0 Å². The lowest BCUT2D eigenvalue weighted by atomic mass is 10.2. The first-order valence-electron chi connectivity index (χ1n) is 8.79. The summed E-state index contributed by atoms with van der Waals surface area (Å²) in [5.41, 5.74) is 0. The second kappa shape index (κ2) is 11.6. The smallest absolute Gasteiger partial charge is 0.191 e. The van der Waals surface area contributed by atoms with E-state index in [0.717, 1.165) is 24.7 Å². The van der Waals surface area contributed by atoms with Crippen molar-refractivity contribution in [2.75, 3.05) is 27.2 Å². The monoisotopic (exact) mass is 490 g/mol. The minimum absolute atomic E-state index is 0. The summed E-state index contributed by atoms with van der Waals surface area (Å²) in [6.45, 7) is 7.90. The summed E-state index contributed by atoms with van der Waals surface area (Å²) < 4.78 is 5.56. The zero-order chi connectivity index (χ0) is 18.2. The van der Waals surface area contributed by atoms with Crippen LogP contribution in [-0.4, -0.2) is 44.1 Å². The van der Waals surface area contributed by atoms with Crippen LogP contribution in [0.5, 0.6) is 0 Å². The van der Waals surface area contributed by atoms with Crippen LogP contribution in [0.15, 0.2) is 39.9 Å². The number of likely N-dealkylation sites (N-methyl/N-ethyl adjacent to an activating group) is 1. The van der Waals surface area contributed by atoms with Crippen LogP contribution in [0.3, 0.4) is 0 Å². The summed E-state index contributed by atoms with van der Waals surface area (Å²) >= 11 is 1.86. The van der Waals surface area contributed by atoms with Crippen LogP contribution in [0.1, 0.15) is 35.4 Å². The van der Waals surface area contributed by atoms with Crippen molar-refractivity contribution in [1.82, 2.24) is 15.5 Å². The van der Waals surface area contributed by atoms with Gasteiger partial charge in [-0.05, 0) is 59.1 Å². The Kier molecular flexibility index (Phi) is 10.3. The quantitative estimate of drug-likeness (QED) is 0.333. The first-order valence-corrected chi connectivity index (χ1v) is 9.61. The third-order valence-corrected chi connectivity index (χ3v) is 4.97. The van der Waals surface area contributed by atoms with Crippen molar-refractivity contribution in [3.8, 4) is 0 Å². The molecule has 0 bridgehead atoms. The molecular formula is C19H31IN4OS. The van der Waals surface area contributed by atoms with E-state index in [-0.39, 0.29) is 30.0 Å². The molecule has 0 amide bonds. The zero-order valence-electron chi connectivity index (χ0n) is 16.3. The van der Waals surface area contributed by atoms with Crippen LogP contribution in [0.2, 0.25) is 0 Å². The van der Waals surface area contributed by atoms with Crippen molar-refractivity contribution in [3.05, 3.63) is 46.0 Å². The van der Waals surface area contributed by atoms with Crippen molar-refractivity contribution in [2.45, 2.75) is 39.3 Å². The van der Waals surface area contributed by atoms with Crippen molar-refractivity contribution >= 4 is 41.3 Å². The maximum atomic E-state index is 5.56. The first kappa shape index (κ1) is 23.0. The number of guanidine groups is 1. The van der Waals surface area contributed by atoms with E-state index in [1.807, 2.05) is 37.6 Å². The summed E-state index contributed by atoms with van der Waals surface area (Å²) in [4.78, 5) is 9.66. The number of rotatable bonds is 8. The fourth-order valence-corrected chi connectivity index (χ4v) is 3.69. The van der Waals surface area contributed by atoms with E-state index in [4.69, 9.17) is 9.41 Å². The molecule has 2 atom stereocenters. The molecular weight excluding hydrogens is 459 g/mol. The third kappa shape index (κ3) is 7.28. The van der Waals surface area contributed by atoms with Crippen LogP contribution in [0.25, 0.3) is 0 Å². The lowest BCUT2D eigenvalue weighted by molar-refractivity contribution is 0.265. The van der Waals surface area contributed by atoms with Gasteiger partial charge in [-0.1, -0.05) is 0 Å². The fraction of sp³-hybridized carbons (Fsp3) is 0.526. The van der Waals surface area contributed by atoms with E-state index in [1.54, 1.807) is 6.26 Å². The number of furan rings is 1. The lowest BCUT2D eigenvalue weighted by Gasteiger charge is -2.22. The highest BCUT2D eigenvalue weighted by Crippen LogP contribution is 2.19. The Morgan fingerprint density at radius 2 is 2.08 bits per heavy atom. The molecule has 0 aromatic carbocycles. The predicted octanol–water partition coefficient (Wildman–Crippen LogP) is 4.06. The molecule has 146 valence electrons. The number of aliphatic imine (C=N–C) groups is 1. The SMILES string of the molecule is CCNC(=NCC(c1ccco1)N(C)C)NC(C)Cc1ccc(C)s1.I. The molecule has 2 aromatic heterocycles. The van der Waals surface area contributed by atoms with Gasteiger partial charge in [0.25, 0.3) is 0 Å². The number of hydrogen-bond acceptors (Lipinski definition) is 4. The average Bonchev–Trinajstić information content (AvgIpc) is 3.19. The zero-order valence-corrected chi connectivity index (χ0v) is 19.4. The molecule has 0 radical (unpaired) electrons. The summed E-state index contributed by atoms with van der Waals surface area (Å²) in [6.07, 6.45) is 2.71. The van der Waals surface area contributed by atoms with E-state index in [9.17, 15) is 0 Å². The Morgan fingerprint density at radius 1 is 1.31 bits per heavy atom. The number of nitrogens with one attached hydrogen (secondary N) is 2. The Hall–Kier alpha value is -1.06. The number of aryl methyl sites for hydroxylation is 1. The lowest BCUT2D eigenvalue weighted by Crippen LogP contribution is -2.43. The second-order valence-corrected chi connectivity index (χ2v) is 7.85. The minimum atomic E-state index is 0. The maximum absolute atomic E-state index is 5.56. The van der Waals surface area contributed by atoms with Crippen molar-refractivity contribution in [2.24, 2.45) is 4.99 Å². The van der Waals surface area contributed by atoms with E-state index >= 15 is 0 Å². The molecule has 0 fully saturated rings. The predicted molar refractivity (Wildman–Crippen MR) is 122 cm³/mol. The van der Waals surface area contributed by atoms with Crippen LogP contribution < -0.4 is 10.6 Å².